The number of benzene rings is 3. The van der Waals surface area contributed by atoms with E-state index >= 15 is 0 Å². The summed E-state index contributed by atoms with van der Waals surface area (Å²) in [6.45, 7) is 13.6. The third-order valence-electron chi connectivity index (χ3n) is 14.7. The number of piperazine rings is 1. The van der Waals surface area contributed by atoms with Crippen LogP contribution in [0.1, 0.15) is 63.5 Å². The molecule has 0 spiro atoms. The minimum atomic E-state index is -1.00. The minimum Gasteiger partial charge on any atom is -0.496 e. The Labute approximate surface area is 358 Å². The summed E-state index contributed by atoms with van der Waals surface area (Å²) in [6.07, 6.45) is -0.431. The molecular weight excluding hydrogens is 757 g/mol. The summed E-state index contributed by atoms with van der Waals surface area (Å²) in [6, 6.07) is 22.2. The van der Waals surface area contributed by atoms with Gasteiger partial charge in [0.1, 0.15) is 24.3 Å². The van der Waals surface area contributed by atoms with E-state index in [4.69, 9.17) is 9.57 Å². The van der Waals surface area contributed by atoms with Crippen molar-refractivity contribution in [2.75, 3.05) is 72.5 Å². The maximum atomic E-state index is 12.0. The highest BCUT2D eigenvalue weighted by Gasteiger charge is 2.57. The fraction of sp³-hybridized carbons (Fsp3) is 0.625. The van der Waals surface area contributed by atoms with E-state index in [9.17, 15) is 20.4 Å². The number of nitrogens with one attached hydrogen (secondary N) is 2. The number of aliphatic hydroxyl groups is 4. The van der Waals surface area contributed by atoms with Crippen LogP contribution in [0.3, 0.4) is 0 Å². The van der Waals surface area contributed by atoms with Gasteiger partial charge in [0.15, 0.2) is 0 Å². The lowest BCUT2D eigenvalue weighted by Gasteiger charge is -2.62. The molecule has 12 heteroatoms. The van der Waals surface area contributed by atoms with Gasteiger partial charge in [-0.15, -0.1) is 0 Å². The summed E-state index contributed by atoms with van der Waals surface area (Å²) < 4.78 is 6.20. The zero-order chi connectivity index (χ0) is 42.9. The lowest BCUT2D eigenvalue weighted by Crippen LogP contribution is -2.63. The van der Waals surface area contributed by atoms with Gasteiger partial charge in [-0.25, -0.2) is 0 Å². The van der Waals surface area contributed by atoms with Crippen molar-refractivity contribution < 1.29 is 30.0 Å². The van der Waals surface area contributed by atoms with Gasteiger partial charge in [0, 0.05) is 81.6 Å². The topological polar surface area (TPSA) is 136 Å². The Morgan fingerprint density at radius 2 is 1.70 bits per heavy atom. The highest BCUT2D eigenvalue weighted by atomic mass is 16.7. The highest BCUT2D eigenvalue weighted by Crippen LogP contribution is 2.61. The molecule has 2 bridgehead atoms. The standard InChI is InChI=1S/C48H72N6O6/c1-30-40-25-36(48(40,3)4)26-41(30)50-47(58)44-43(31(2)56)42(29-55)60-54(44)27-33-15-12-16-39(45(33)59-8)34-22-35(24-38(23-34)51(5)6)46(57)49-37(21-32-13-10-9-11-14-32)28-53-19-17-52(7)18-20-53/h9-16,22-24,30-31,36-37,40-44,46-47,49-50,55-58H,17-21,25-29H2,1-8H3/t30-,31-,36-,37+,40+,41-,42-,43+,44-,46?,47?/m0/s1. The monoisotopic (exact) mass is 829 g/mol. The van der Waals surface area contributed by atoms with E-state index in [-0.39, 0.29) is 25.2 Å². The number of likely N-dealkylation sites (N-methyl/N-ethyl adjacent to an activating group) is 1. The lowest BCUT2D eigenvalue weighted by molar-refractivity contribution is -0.195. The van der Waals surface area contributed by atoms with Crippen molar-refractivity contribution in [1.82, 2.24) is 25.5 Å². The molecule has 3 aliphatic carbocycles. The first kappa shape index (κ1) is 44.9. The van der Waals surface area contributed by atoms with Crippen molar-refractivity contribution in [3.05, 3.63) is 83.4 Å². The lowest BCUT2D eigenvalue weighted by atomic mass is 9.44. The van der Waals surface area contributed by atoms with Crippen molar-refractivity contribution in [2.24, 2.45) is 29.1 Å². The van der Waals surface area contributed by atoms with E-state index in [1.54, 1.807) is 19.1 Å². The first-order chi connectivity index (χ1) is 28.7. The second kappa shape index (κ2) is 19.1. The molecule has 11 atom stereocenters. The Bertz CT molecular complexity index is 1860. The Balaban J connectivity index is 1.15. The van der Waals surface area contributed by atoms with Gasteiger partial charge in [-0.1, -0.05) is 69.3 Å². The van der Waals surface area contributed by atoms with Crippen molar-refractivity contribution in [2.45, 2.75) is 96.3 Å². The van der Waals surface area contributed by atoms with Crippen LogP contribution >= 0.6 is 0 Å². The van der Waals surface area contributed by atoms with E-state index in [1.807, 2.05) is 55.4 Å². The SMILES string of the molecule is COc1c(CN2O[C@@H](CO)[C@@H]([C@H](C)O)[C@H]2C(O)N[C@H]2C[C@@H]3C[C@H]([C@@H]2C)C3(C)C)cccc1-c1cc(C(O)N[C@H](Cc2ccccc2)CN2CCN(C)CC2)cc(N(C)C)c1. The molecule has 6 N–H and O–H groups in total. The minimum absolute atomic E-state index is 0.0143. The Morgan fingerprint density at radius 1 is 0.967 bits per heavy atom. The molecule has 2 heterocycles. The number of fused-ring (bicyclic) bond motifs is 2. The van der Waals surface area contributed by atoms with Gasteiger partial charge >= 0.3 is 0 Å². The number of methoxy groups -OCH3 is 1. The first-order valence-corrected chi connectivity index (χ1v) is 22.2. The molecule has 2 saturated heterocycles. The Hall–Kier alpha value is -3.14. The van der Waals surface area contributed by atoms with Gasteiger partial charge in [-0.3, -0.25) is 20.4 Å². The van der Waals surface area contributed by atoms with Crippen LogP contribution in [0.25, 0.3) is 11.1 Å². The number of ether oxygens (including phenoxy) is 1. The Kier molecular flexibility index (Phi) is 14.3. The largest absolute Gasteiger partial charge is 0.496 e. The summed E-state index contributed by atoms with van der Waals surface area (Å²) in [5.41, 5.74) is 5.79. The smallest absolute Gasteiger partial charge is 0.131 e. The summed E-state index contributed by atoms with van der Waals surface area (Å²) in [4.78, 5) is 13.3. The van der Waals surface area contributed by atoms with Crippen molar-refractivity contribution in [1.29, 1.82) is 0 Å². The molecule has 0 aromatic heterocycles. The number of hydroxylamine groups is 2. The molecule has 8 rings (SSSR count). The van der Waals surface area contributed by atoms with Crippen LogP contribution in [0.4, 0.5) is 5.69 Å². The third kappa shape index (κ3) is 9.58. The van der Waals surface area contributed by atoms with Crippen LogP contribution in [0, 0.1) is 29.1 Å². The molecule has 3 aromatic carbocycles. The fourth-order valence-electron chi connectivity index (χ4n) is 11.0. The van der Waals surface area contributed by atoms with Gasteiger partial charge in [-0.2, -0.15) is 5.06 Å². The number of hydrogen-bond acceptors (Lipinski definition) is 12. The van der Waals surface area contributed by atoms with E-state index < -0.39 is 36.6 Å². The van der Waals surface area contributed by atoms with E-state index in [0.29, 0.717) is 28.9 Å². The molecule has 12 nitrogen and oxygen atoms in total. The van der Waals surface area contributed by atoms with Crippen molar-refractivity contribution >= 4 is 5.69 Å². The molecule has 2 unspecified atom stereocenters. The van der Waals surface area contributed by atoms with E-state index in [1.165, 1.54) is 12.0 Å². The summed E-state index contributed by atoms with van der Waals surface area (Å²) >= 11 is 0. The molecular formula is C48H72N6O6. The predicted octanol–water partition coefficient (Wildman–Crippen LogP) is 4.32. The van der Waals surface area contributed by atoms with E-state index in [2.05, 4.69) is 78.6 Å². The molecule has 3 saturated carbocycles. The molecule has 0 amide bonds. The van der Waals surface area contributed by atoms with Crippen LogP contribution in [0.2, 0.25) is 0 Å². The summed E-state index contributed by atoms with van der Waals surface area (Å²) in [5, 5.41) is 54.4. The first-order valence-electron chi connectivity index (χ1n) is 22.2. The second-order valence-corrected chi connectivity index (χ2v) is 19.1. The second-order valence-electron chi connectivity index (χ2n) is 19.1. The van der Waals surface area contributed by atoms with Gasteiger partial charge < -0.3 is 35.0 Å². The maximum Gasteiger partial charge on any atom is 0.131 e. The molecule has 0 radical (unpaired) electrons. The van der Waals surface area contributed by atoms with Crippen LogP contribution in [-0.4, -0.2) is 139 Å². The summed E-state index contributed by atoms with van der Waals surface area (Å²) in [5.74, 6) is 1.72. The van der Waals surface area contributed by atoms with Crippen LogP contribution < -0.4 is 20.3 Å². The zero-order valence-corrected chi connectivity index (χ0v) is 37.2. The van der Waals surface area contributed by atoms with Crippen molar-refractivity contribution in [3.63, 3.8) is 0 Å². The van der Waals surface area contributed by atoms with Crippen LogP contribution in [0.15, 0.2) is 66.7 Å². The molecule has 3 aromatic rings. The number of aliphatic hydroxyl groups excluding tert-OH is 4. The van der Waals surface area contributed by atoms with Gasteiger partial charge in [0.2, 0.25) is 0 Å². The maximum absolute atomic E-state index is 12.0. The number of rotatable bonds is 17. The molecule has 2 aliphatic heterocycles. The molecule has 60 heavy (non-hydrogen) atoms. The molecule has 5 aliphatic rings. The quantitative estimate of drug-likeness (QED) is 0.108. The fourth-order valence-corrected chi connectivity index (χ4v) is 11.0. The van der Waals surface area contributed by atoms with E-state index in [0.717, 1.165) is 73.5 Å². The van der Waals surface area contributed by atoms with Gasteiger partial charge in [0.05, 0.1) is 32.4 Å². The number of anilines is 1. The zero-order valence-electron chi connectivity index (χ0n) is 37.2. The van der Waals surface area contributed by atoms with Crippen LogP contribution in [-0.2, 0) is 17.8 Å². The Morgan fingerprint density at radius 3 is 2.33 bits per heavy atom. The molecule has 5 fully saturated rings. The number of para-hydroxylation sites is 1. The average molecular weight is 829 g/mol. The number of hydrogen-bond donors (Lipinski definition) is 6. The molecule has 330 valence electrons. The highest BCUT2D eigenvalue weighted by molar-refractivity contribution is 5.76. The van der Waals surface area contributed by atoms with Crippen molar-refractivity contribution in [3.8, 4) is 16.9 Å². The normalized spacial score (nSPS) is 29.1. The average Bonchev–Trinajstić information content (AvgIpc) is 3.61. The number of nitrogens with zero attached hydrogens (tertiary/aromatic N) is 4. The van der Waals surface area contributed by atoms with Gasteiger partial charge in [-0.05, 0) is 91.3 Å². The van der Waals surface area contributed by atoms with Crippen LogP contribution in [0.5, 0.6) is 5.75 Å². The third-order valence-corrected chi connectivity index (χ3v) is 14.7. The van der Waals surface area contributed by atoms with Gasteiger partial charge in [0.25, 0.3) is 0 Å². The predicted molar refractivity (Wildman–Crippen MR) is 237 cm³/mol. The summed E-state index contributed by atoms with van der Waals surface area (Å²) in [7, 11) is 7.83.